The van der Waals surface area contributed by atoms with Gasteiger partial charge in [-0.25, -0.2) is 0 Å². The smallest absolute Gasteiger partial charge is 0.246 e. The van der Waals surface area contributed by atoms with Crippen molar-refractivity contribution in [3.63, 3.8) is 0 Å². The topological polar surface area (TPSA) is 37.4 Å². The van der Waals surface area contributed by atoms with E-state index in [-0.39, 0.29) is 17.7 Å². The Bertz CT molecular complexity index is 256. The number of hydrogen-bond acceptors (Lipinski definition) is 2. The number of carbonyl (C=O) groups excluding carboxylic acids is 2. The van der Waals surface area contributed by atoms with E-state index in [0.29, 0.717) is 5.92 Å². The van der Waals surface area contributed by atoms with Gasteiger partial charge in [-0.15, -0.1) is 0 Å². The third kappa shape index (κ3) is 4.77. The van der Waals surface area contributed by atoms with Gasteiger partial charge in [0, 0.05) is 7.05 Å². The SMILES string of the molecule is C/C=C/C(=O)N(C)[C@H](CC(C)C)C(C)=O. The van der Waals surface area contributed by atoms with Gasteiger partial charge in [-0.1, -0.05) is 19.9 Å². The van der Waals surface area contributed by atoms with Crippen molar-refractivity contribution in [2.75, 3.05) is 7.05 Å². The summed E-state index contributed by atoms with van der Waals surface area (Å²) in [6.07, 6.45) is 3.89. The molecule has 0 spiro atoms. The van der Waals surface area contributed by atoms with Crippen molar-refractivity contribution in [3.05, 3.63) is 12.2 Å². The predicted octanol–water partition coefficient (Wildman–Crippen LogP) is 2.02. The Kier molecular flexibility index (Phi) is 5.90. The molecular weight excluding hydrogens is 190 g/mol. The molecule has 1 atom stereocenters. The average molecular weight is 211 g/mol. The Morgan fingerprint density at radius 1 is 1.33 bits per heavy atom. The van der Waals surface area contributed by atoms with E-state index in [4.69, 9.17) is 0 Å². The van der Waals surface area contributed by atoms with Crippen LogP contribution in [0, 0.1) is 5.92 Å². The summed E-state index contributed by atoms with van der Waals surface area (Å²) in [6, 6.07) is -0.298. The molecule has 0 aliphatic heterocycles. The highest BCUT2D eigenvalue weighted by Gasteiger charge is 2.23. The molecule has 86 valence electrons. The maximum atomic E-state index is 11.6. The van der Waals surface area contributed by atoms with Crippen LogP contribution in [-0.4, -0.2) is 29.7 Å². The van der Waals surface area contributed by atoms with Gasteiger partial charge in [-0.05, 0) is 32.3 Å². The van der Waals surface area contributed by atoms with Crippen LogP contribution in [0.15, 0.2) is 12.2 Å². The minimum absolute atomic E-state index is 0.0454. The summed E-state index contributed by atoms with van der Waals surface area (Å²) in [6.45, 7) is 7.41. The van der Waals surface area contributed by atoms with Crippen LogP contribution >= 0.6 is 0 Å². The number of likely N-dealkylation sites (N-methyl/N-ethyl adjacent to an activating group) is 1. The Balaban J connectivity index is 4.62. The molecule has 0 unspecified atom stereocenters. The van der Waals surface area contributed by atoms with Crippen molar-refractivity contribution < 1.29 is 9.59 Å². The molecule has 3 nitrogen and oxygen atoms in total. The van der Waals surface area contributed by atoms with E-state index >= 15 is 0 Å². The molecule has 0 heterocycles. The molecule has 0 fully saturated rings. The molecule has 0 aliphatic rings. The van der Waals surface area contributed by atoms with Gasteiger partial charge in [-0.3, -0.25) is 9.59 Å². The van der Waals surface area contributed by atoms with Crippen molar-refractivity contribution >= 4 is 11.7 Å². The van der Waals surface area contributed by atoms with Crippen molar-refractivity contribution in [2.24, 2.45) is 5.92 Å². The van der Waals surface area contributed by atoms with Gasteiger partial charge in [0.25, 0.3) is 0 Å². The summed E-state index contributed by atoms with van der Waals surface area (Å²) in [5, 5.41) is 0. The fourth-order valence-corrected chi connectivity index (χ4v) is 1.46. The Morgan fingerprint density at radius 2 is 1.87 bits per heavy atom. The monoisotopic (exact) mass is 211 g/mol. The predicted molar refractivity (Wildman–Crippen MR) is 61.5 cm³/mol. The third-order valence-electron chi connectivity index (χ3n) is 2.29. The van der Waals surface area contributed by atoms with Gasteiger partial charge in [0.15, 0.2) is 5.78 Å². The van der Waals surface area contributed by atoms with Crippen molar-refractivity contribution in [3.8, 4) is 0 Å². The van der Waals surface area contributed by atoms with E-state index in [1.165, 1.54) is 17.9 Å². The Labute approximate surface area is 92.1 Å². The van der Waals surface area contributed by atoms with E-state index in [0.717, 1.165) is 6.42 Å². The molecule has 0 N–H and O–H groups in total. The zero-order chi connectivity index (χ0) is 12.0. The van der Waals surface area contributed by atoms with Gasteiger partial charge < -0.3 is 4.90 Å². The number of ketones is 1. The van der Waals surface area contributed by atoms with Crippen LogP contribution in [0.25, 0.3) is 0 Å². The largest absolute Gasteiger partial charge is 0.332 e. The maximum Gasteiger partial charge on any atom is 0.246 e. The number of hydrogen-bond donors (Lipinski definition) is 0. The van der Waals surface area contributed by atoms with E-state index in [1.807, 2.05) is 13.8 Å². The second-order valence-corrected chi connectivity index (χ2v) is 4.21. The van der Waals surface area contributed by atoms with Crippen LogP contribution < -0.4 is 0 Å². The van der Waals surface area contributed by atoms with Gasteiger partial charge in [-0.2, -0.15) is 0 Å². The summed E-state index contributed by atoms with van der Waals surface area (Å²) < 4.78 is 0. The summed E-state index contributed by atoms with van der Waals surface area (Å²) in [4.78, 5) is 24.5. The molecule has 0 saturated heterocycles. The average Bonchev–Trinajstić information content (AvgIpc) is 2.12. The molecule has 0 aliphatic carbocycles. The van der Waals surface area contributed by atoms with Gasteiger partial charge >= 0.3 is 0 Å². The molecule has 0 radical (unpaired) electrons. The Morgan fingerprint density at radius 3 is 2.20 bits per heavy atom. The zero-order valence-corrected chi connectivity index (χ0v) is 10.3. The molecule has 0 rings (SSSR count). The number of rotatable bonds is 5. The second-order valence-electron chi connectivity index (χ2n) is 4.21. The molecule has 15 heavy (non-hydrogen) atoms. The van der Waals surface area contributed by atoms with Gasteiger partial charge in [0.2, 0.25) is 5.91 Å². The first-order valence-electron chi connectivity index (χ1n) is 5.30. The van der Waals surface area contributed by atoms with Crippen LogP contribution in [0.1, 0.15) is 34.1 Å². The minimum Gasteiger partial charge on any atom is -0.332 e. The number of allylic oxidation sites excluding steroid dienone is 1. The van der Waals surface area contributed by atoms with E-state index < -0.39 is 0 Å². The van der Waals surface area contributed by atoms with Crippen molar-refractivity contribution in [1.82, 2.24) is 4.90 Å². The second kappa shape index (κ2) is 6.38. The summed E-state index contributed by atoms with van der Waals surface area (Å²) in [5.41, 5.74) is 0. The summed E-state index contributed by atoms with van der Waals surface area (Å²) >= 11 is 0. The molecule has 0 aromatic rings. The number of carbonyl (C=O) groups is 2. The lowest BCUT2D eigenvalue weighted by atomic mass is 10.00. The Hall–Kier alpha value is -1.12. The summed E-state index contributed by atoms with van der Waals surface area (Å²) in [7, 11) is 1.68. The first-order chi connectivity index (χ1) is 6.90. The first kappa shape index (κ1) is 13.9. The standard InChI is InChI=1S/C12H21NO2/c1-6-7-12(15)13(5)11(10(4)14)8-9(2)3/h6-7,9,11H,8H2,1-5H3/b7-6+/t11-/m1/s1. The van der Waals surface area contributed by atoms with E-state index in [2.05, 4.69) is 0 Å². The van der Waals surface area contributed by atoms with E-state index in [1.54, 1.807) is 20.0 Å². The molecule has 1 amide bonds. The van der Waals surface area contributed by atoms with E-state index in [9.17, 15) is 9.59 Å². The normalized spacial score (nSPS) is 13.2. The number of nitrogens with zero attached hydrogens (tertiary/aromatic N) is 1. The fraction of sp³-hybridized carbons (Fsp3) is 0.667. The molecule has 0 aromatic heterocycles. The number of amides is 1. The quantitative estimate of drug-likeness (QED) is 0.652. The third-order valence-corrected chi connectivity index (χ3v) is 2.29. The fourth-order valence-electron chi connectivity index (χ4n) is 1.46. The number of Topliss-reactive ketones (excluding diaryl/α,β-unsaturated/α-hetero) is 1. The lowest BCUT2D eigenvalue weighted by Gasteiger charge is -2.26. The molecule has 0 saturated carbocycles. The highest BCUT2D eigenvalue weighted by atomic mass is 16.2. The highest BCUT2D eigenvalue weighted by molar-refractivity contribution is 5.92. The maximum absolute atomic E-state index is 11.6. The van der Waals surface area contributed by atoms with Crippen LogP contribution in [-0.2, 0) is 9.59 Å². The lowest BCUT2D eigenvalue weighted by Crippen LogP contribution is -2.41. The first-order valence-corrected chi connectivity index (χ1v) is 5.30. The molecule has 0 bridgehead atoms. The zero-order valence-electron chi connectivity index (χ0n) is 10.3. The van der Waals surface area contributed by atoms with Crippen molar-refractivity contribution in [1.29, 1.82) is 0 Å². The lowest BCUT2D eigenvalue weighted by molar-refractivity contribution is -0.134. The van der Waals surface area contributed by atoms with Gasteiger partial charge in [0.1, 0.15) is 0 Å². The summed E-state index contributed by atoms with van der Waals surface area (Å²) in [5.74, 6) is 0.335. The highest BCUT2D eigenvalue weighted by Crippen LogP contribution is 2.11. The van der Waals surface area contributed by atoms with Crippen LogP contribution in [0.3, 0.4) is 0 Å². The van der Waals surface area contributed by atoms with Crippen LogP contribution in [0.5, 0.6) is 0 Å². The molecular formula is C12H21NO2. The van der Waals surface area contributed by atoms with Crippen LogP contribution in [0.2, 0.25) is 0 Å². The molecule has 0 aromatic carbocycles. The van der Waals surface area contributed by atoms with Crippen molar-refractivity contribution in [2.45, 2.75) is 40.2 Å². The van der Waals surface area contributed by atoms with Crippen LogP contribution in [0.4, 0.5) is 0 Å². The molecule has 3 heteroatoms. The van der Waals surface area contributed by atoms with Gasteiger partial charge in [0.05, 0.1) is 6.04 Å². The minimum atomic E-state index is -0.298.